The van der Waals surface area contributed by atoms with E-state index in [2.05, 4.69) is 5.32 Å². The number of alkyl halides is 1. The van der Waals surface area contributed by atoms with Crippen molar-refractivity contribution in [2.45, 2.75) is 25.9 Å². The summed E-state index contributed by atoms with van der Waals surface area (Å²) in [7, 11) is 0. The van der Waals surface area contributed by atoms with Crippen molar-refractivity contribution in [3.05, 3.63) is 35.6 Å². The first-order valence-corrected chi connectivity index (χ1v) is 5.13. The summed E-state index contributed by atoms with van der Waals surface area (Å²) in [6.45, 7) is 4.48. The molecule has 78 valence electrons. The molecule has 0 aromatic heterocycles. The van der Waals surface area contributed by atoms with Crippen molar-refractivity contribution in [1.29, 1.82) is 0 Å². The maximum atomic E-state index is 13.2. The Hall–Kier alpha value is -0.600. The van der Waals surface area contributed by atoms with Gasteiger partial charge >= 0.3 is 0 Å². The second-order valence-electron chi connectivity index (χ2n) is 3.96. The Morgan fingerprint density at radius 2 is 2.00 bits per heavy atom. The molecule has 1 rings (SSSR count). The Balaban J connectivity index is 2.58. The fourth-order valence-electron chi connectivity index (χ4n) is 1.02. The molecule has 1 N–H and O–H groups in total. The Morgan fingerprint density at radius 3 is 2.57 bits per heavy atom. The largest absolute Gasteiger partial charge is 0.306 e. The molecule has 0 radical (unpaired) electrons. The van der Waals surface area contributed by atoms with Gasteiger partial charge in [-0.25, -0.2) is 4.39 Å². The second kappa shape index (κ2) is 4.76. The Morgan fingerprint density at radius 1 is 1.36 bits per heavy atom. The van der Waals surface area contributed by atoms with Gasteiger partial charge in [-0.1, -0.05) is 18.2 Å². The zero-order chi connectivity index (χ0) is 10.6. The van der Waals surface area contributed by atoms with Crippen LogP contribution in [0.3, 0.4) is 0 Å². The van der Waals surface area contributed by atoms with E-state index in [-0.39, 0.29) is 11.4 Å². The van der Waals surface area contributed by atoms with E-state index in [1.165, 1.54) is 6.07 Å². The Labute approximate surface area is 89.3 Å². The van der Waals surface area contributed by atoms with Crippen molar-refractivity contribution in [3.63, 3.8) is 0 Å². The summed E-state index contributed by atoms with van der Waals surface area (Å²) >= 11 is 5.74. The maximum Gasteiger partial charge on any atom is 0.127 e. The number of halogens is 2. The van der Waals surface area contributed by atoms with Crippen molar-refractivity contribution in [1.82, 2.24) is 5.32 Å². The van der Waals surface area contributed by atoms with E-state index in [1.54, 1.807) is 12.1 Å². The lowest BCUT2D eigenvalue weighted by atomic mass is 10.1. The Kier molecular flexibility index (Phi) is 3.90. The predicted molar refractivity (Wildman–Crippen MR) is 58.0 cm³/mol. The minimum atomic E-state index is -0.176. The monoisotopic (exact) mass is 215 g/mol. The van der Waals surface area contributed by atoms with Crippen LogP contribution in [0.2, 0.25) is 0 Å². The van der Waals surface area contributed by atoms with Gasteiger partial charge in [0.05, 0.1) is 0 Å². The van der Waals surface area contributed by atoms with Crippen LogP contribution in [0, 0.1) is 5.82 Å². The lowest BCUT2D eigenvalue weighted by molar-refractivity contribution is 0.423. The van der Waals surface area contributed by atoms with E-state index in [9.17, 15) is 4.39 Å². The number of benzene rings is 1. The smallest absolute Gasteiger partial charge is 0.127 e. The van der Waals surface area contributed by atoms with Gasteiger partial charge in [-0.2, -0.15) is 0 Å². The number of rotatable bonds is 4. The van der Waals surface area contributed by atoms with Crippen LogP contribution in [0.4, 0.5) is 4.39 Å². The summed E-state index contributed by atoms with van der Waals surface area (Å²) in [6, 6.07) is 6.75. The fourth-order valence-corrected chi connectivity index (χ4v) is 1.12. The molecule has 0 aliphatic carbocycles. The molecule has 0 saturated heterocycles. The molecule has 0 heterocycles. The third kappa shape index (κ3) is 3.28. The SMILES string of the molecule is CC(C)(CCl)NCc1ccccc1F. The molecular weight excluding hydrogens is 201 g/mol. The molecule has 0 amide bonds. The number of hydrogen-bond donors (Lipinski definition) is 1. The van der Waals surface area contributed by atoms with Gasteiger partial charge in [0.15, 0.2) is 0 Å². The summed E-state index contributed by atoms with van der Waals surface area (Å²) in [5, 5.41) is 3.19. The summed E-state index contributed by atoms with van der Waals surface area (Å²) in [6.07, 6.45) is 0. The normalized spacial score (nSPS) is 11.7. The minimum Gasteiger partial charge on any atom is -0.306 e. The molecule has 0 aliphatic rings. The molecule has 3 heteroatoms. The lowest BCUT2D eigenvalue weighted by Gasteiger charge is -2.23. The summed E-state index contributed by atoms with van der Waals surface area (Å²) in [4.78, 5) is 0. The van der Waals surface area contributed by atoms with E-state index in [1.807, 2.05) is 19.9 Å². The van der Waals surface area contributed by atoms with Gasteiger partial charge in [0.2, 0.25) is 0 Å². The van der Waals surface area contributed by atoms with Gasteiger partial charge in [0, 0.05) is 23.5 Å². The highest BCUT2D eigenvalue weighted by molar-refractivity contribution is 6.18. The van der Waals surface area contributed by atoms with Crippen molar-refractivity contribution < 1.29 is 4.39 Å². The van der Waals surface area contributed by atoms with Crippen molar-refractivity contribution >= 4 is 11.6 Å². The highest BCUT2D eigenvalue weighted by Gasteiger charge is 2.15. The van der Waals surface area contributed by atoms with Crippen LogP contribution in [0.15, 0.2) is 24.3 Å². The minimum absolute atomic E-state index is 0.163. The molecular formula is C11H15ClFN. The third-order valence-corrected chi connectivity index (χ3v) is 2.72. The highest BCUT2D eigenvalue weighted by atomic mass is 35.5. The third-order valence-electron chi connectivity index (χ3n) is 2.05. The van der Waals surface area contributed by atoms with Gasteiger partial charge in [-0.3, -0.25) is 0 Å². The van der Waals surface area contributed by atoms with Crippen molar-refractivity contribution in [2.24, 2.45) is 0 Å². The quantitative estimate of drug-likeness (QED) is 0.762. The van der Waals surface area contributed by atoms with E-state index in [0.29, 0.717) is 18.0 Å². The van der Waals surface area contributed by atoms with E-state index in [0.717, 1.165) is 0 Å². The van der Waals surface area contributed by atoms with Gasteiger partial charge in [0.25, 0.3) is 0 Å². The van der Waals surface area contributed by atoms with E-state index in [4.69, 9.17) is 11.6 Å². The van der Waals surface area contributed by atoms with Gasteiger partial charge in [-0.15, -0.1) is 11.6 Å². The van der Waals surface area contributed by atoms with Crippen LogP contribution in [0.25, 0.3) is 0 Å². The zero-order valence-electron chi connectivity index (χ0n) is 8.48. The van der Waals surface area contributed by atoms with Crippen LogP contribution in [-0.4, -0.2) is 11.4 Å². The van der Waals surface area contributed by atoms with Gasteiger partial charge in [0.1, 0.15) is 5.82 Å². The first kappa shape index (κ1) is 11.5. The molecule has 0 aliphatic heterocycles. The molecule has 0 atom stereocenters. The summed E-state index contributed by atoms with van der Waals surface area (Å²) in [5.41, 5.74) is 0.509. The first-order valence-electron chi connectivity index (χ1n) is 4.59. The zero-order valence-corrected chi connectivity index (χ0v) is 9.24. The first-order chi connectivity index (χ1) is 6.55. The lowest BCUT2D eigenvalue weighted by Crippen LogP contribution is -2.40. The average molecular weight is 216 g/mol. The summed E-state index contributed by atoms with van der Waals surface area (Å²) < 4.78 is 13.2. The number of nitrogens with one attached hydrogen (secondary N) is 1. The molecule has 1 aromatic carbocycles. The molecule has 0 unspecified atom stereocenters. The van der Waals surface area contributed by atoms with Gasteiger partial charge < -0.3 is 5.32 Å². The molecule has 0 fully saturated rings. The molecule has 1 aromatic rings. The van der Waals surface area contributed by atoms with Crippen LogP contribution in [0.5, 0.6) is 0 Å². The van der Waals surface area contributed by atoms with Crippen LogP contribution >= 0.6 is 11.6 Å². The van der Waals surface area contributed by atoms with E-state index >= 15 is 0 Å². The highest BCUT2D eigenvalue weighted by Crippen LogP contribution is 2.09. The molecule has 14 heavy (non-hydrogen) atoms. The van der Waals surface area contributed by atoms with Crippen LogP contribution in [0.1, 0.15) is 19.4 Å². The summed E-state index contributed by atoms with van der Waals surface area (Å²) in [5.74, 6) is 0.326. The molecule has 0 saturated carbocycles. The Bertz CT molecular complexity index is 299. The van der Waals surface area contributed by atoms with Crippen LogP contribution < -0.4 is 5.32 Å². The molecule has 0 spiro atoms. The molecule has 1 nitrogen and oxygen atoms in total. The second-order valence-corrected chi connectivity index (χ2v) is 4.23. The predicted octanol–water partition coefficient (Wildman–Crippen LogP) is 2.93. The average Bonchev–Trinajstić information content (AvgIpc) is 2.17. The molecule has 0 bridgehead atoms. The van der Waals surface area contributed by atoms with Crippen molar-refractivity contribution in [3.8, 4) is 0 Å². The standard InChI is InChI=1S/C11H15ClFN/c1-11(2,8-12)14-7-9-5-3-4-6-10(9)13/h3-6,14H,7-8H2,1-2H3. The van der Waals surface area contributed by atoms with Crippen molar-refractivity contribution in [2.75, 3.05) is 5.88 Å². The van der Waals surface area contributed by atoms with E-state index < -0.39 is 0 Å². The number of hydrogen-bond acceptors (Lipinski definition) is 1. The van der Waals surface area contributed by atoms with Crippen LogP contribution in [-0.2, 0) is 6.54 Å². The maximum absolute atomic E-state index is 13.2. The topological polar surface area (TPSA) is 12.0 Å². The van der Waals surface area contributed by atoms with Gasteiger partial charge in [-0.05, 0) is 19.9 Å². The fraction of sp³-hybridized carbons (Fsp3) is 0.455.